The van der Waals surface area contributed by atoms with Crippen LogP contribution in [0.2, 0.25) is 0 Å². The van der Waals surface area contributed by atoms with E-state index in [1.54, 1.807) is 12.4 Å². The molecule has 0 aliphatic rings. The molecule has 0 aliphatic heterocycles. The fraction of sp³-hybridized carbons (Fsp3) is 0.222. The van der Waals surface area contributed by atoms with Gasteiger partial charge in [-0.25, -0.2) is 0 Å². The van der Waals surface area contributed by atoms with Crippen LogP contribution in [0.5, 0.6) is 0 Å². The summed E-state index contributed by atoms with van der Waals surface area (Å²) in [5.41, 5.74) is 1.68. The lowest BCUT2D eigenvalue weighted by atomic mass is 10.3. The second-order valence-corrected chi connectivity index (χ2v) is 2.60. The van der Waals surface area contributed by atoms with Gasteiger partial charge in [-0.3, -0.25) is 4.98 Å². The van der Waals surface area contributed by atoms with E-state index in [9.17, 15) is 0 Å². The molecule has 0 fully saturated rings. The summed E-state index contributed by atoms with van der Waals surface area (Å²) in [6.45, 7) is 0.720. The van der Waals surface area contributed by atoms with Crippen molar-refractivity contribution in [3.63, 3.8) is 0 Å². The zero-order valence-electron chi connectivity index (χ0n) is 6.55. The molecule has 3 heteroatoms. The molecular formula is C9H9ClN2. The normalized spacial score (nSPS) is 9.00. The summed E-state index contributed by atoms with van der Waals surface area (Å²) >= 11 is 5.50. The first-order valence-electron chi connectivity index (χ1n) is 3.58. The van der Waals surface area contributed by atoms with Crippen molar-refractivity contribution in [1.82, 2.24) is 4.98 Å². The Morgan fingerprint density at radius 3 is 3.08 bits per heavy atom. The van der Waals surface area contributed by atoms with Crippen LogP contribution in [-0.2, 0) is 0 Å². The minimum atomic E-state index is 0.570. The van der Waals surface area contributed by atoms with E-state index in [1.807, 2.05) is 6.07 Å². The van der Waals surface area contributed by atoms with Crippen LogP contribution in [-0.4, -0.2) is 17.4 Å². The first-order chi connectivity index (χ1) is 5.86. The maximum atomic E-state index is 5.50. The lowest BCUT2D eigenvalue weighted by Crippen LogP contribution is -2.02. The molecule has 12 heavy (non-hydrogen) atoms. The Bertz CT molecular complexity index is 291. The molecule has 0 unspecified atom stereocenters. The van der Waals surface area contributed by atoms with Crippen molar-refractivity contribution in [3.8, 4) is 12.3 Å². The minimum absolute atomic E-state index is 0.570. The lowest BCUT2D eigenvalue weighted by Gasteiger charge is -2.02. The number of hydrogen-bond donors (Lipinski definition) is 1. The van der Waals surface area contributed by atoms with Crippen LogP contribution in [0.1, 0.15) is 5.56 Å². The smallest absolute Gasteiger partial charge is 0.0539 e. The van der Waals surface area contributed by atoms with Crippen LogP contribution in [0, 0.1) is 12.3 Å². The molecule has 0 amide bonds. The van der Waals surface area contributed by atoms with Gasteiger partial charge < -0.3 is 5.32 Å². The molecular weight excluding hydrogens is 172 g/mol. The molecule has 0 aliphatic carbocycles. The minimum Gasteiger partial charge on any atom is -0.383 e. The maximum Gasteiger partial charge on any atom is 0.0539 e. The molecule has 0 saturated carbocycles. The predicted molar refractivity (Wildman–Crippen MR) is 51.4 cm³/mol. The Hall–Kier alpha value is -1.20. The lowest BCUT2D eigenvalue weighted by molar-refractivity contribution is 1.19. The van der Waals surface area contributed by atoms with Gasteiger partial charge in [0, 0.05) is 24.2 Å². The summed E-state index contributed by atoms with van der Waals surface area (Å²) in [6, 6.07) is 1.86. The number of rotatable bonds is 3. The second-order valence-electron chi connectivity index (χ2n) is 2.22. The van der Waals surface area contributed by atoms with Crippen molar-refractivity contribution in [2.45, 2.75) is 0 Å². The molecule has 1 rings (SSSR count). The SMILES string of the molecule is C#Cc1cncc(NCCCl)c1. The van der Waals surface area contributed by atoms with E-state index in [0.717, 1.165) is 17.8 Å². The molecule has 0 aromatic carbocycles. The van der Waals surface area contributed by atoms with Gasteiger partial charge in [-0.1, -0.05) is 5.92 Å². The molecule has 1 heterocycles. The van der Waals surface area contributed by atoms with Gasteiger partial charge in [-0.2, -0.15) is 0 Å². The molecule has 0 bridgehead atoms. The molecule has 1 aromatic rings. The Morgan fingerprint density at radius 2 is 2.42 bits per heavy atom. The highest BCUT2D eigenvalue weighted by Crippen LogP contribution is 2.06. The molecule has 2 nitrogen and oxygen atoms in total. The number of nitrogens with one attached hydrogen (secondary N) is 1. The van der Waals surface area contributed by atoms with Crippen molar-refractivity contribution < 1.29 is 0 Å². The van der Waals surface area contributed by atoms with Crippen molar-refractivity contribution in [1.29, 1.82) is 0 Å². The molecule has 1 N–H and O–H groups in total. The van der Waals surface area contributed by atoms with Gasteiger partial charge in [0.05, 0.1) is 11.9 Å². The van der Waals surface area contributed by atoms with Gasteiger partial charge in [0.25, 0.3) is 0 Å². The number of hydrogen-bond acceptors (Lipinski definition) is 2. The van der Waals surface area contributed by atoms with E-state index in [-0.39, 0.29) is 0 Å². The number of pyridine rings is 1. The maximum absolute atomic E-state index is 5.50. The number of nitrogens with zero attached hydrogens (tertiary/aromatic N) is 1. The molecule has 0 radical (unpaired) electrons. The molecule has 0 saturated heterocycles. The highest BCUT2D eigenvalue weighted by Gasteiger charge is 1.92. The van der Waals surface area contributed by atoms with E-state index in [1.165, 1.54) is 0 Å². The molecule has 0 atom stereocenters. The van der Waals surface area contributed by atoms with Gasteiger partial charge in [-0.05, 0) is 6.07 Å². The monoisotopic (exact) mass is 180 g/mol. The van der Waals surface area contributed by atoms with Crippen molar-refractivity contribution >= 4 is 17.3 Å². The van der Waals surface area contributed by atoms with Gasteiger partial charge in [0.1, 0.15) is 0 Å². The quantitative estimate of drug-likeness (QED) is 0.566. The third-order valence-corrected chi connectivity index (χ3v) is 1.52. The number of terminal acetylenes is 1. The standard InChI is InChI=1S/C9H9ClN2/c1-2-8-5-9(7-11-6-8)12-4-3-10/h1,5-7,12H,3-4H2. The number of alkyl halides is 1. The average molecular weight is 181 g/mol. The van der Waals surface area contributed by atoms with Crippen molar-refractivity contribution in [2.75, 3.05) is 17.7 Å². The fourth-order valence-electron chi connectivity index (χ4n) is 0.807. The predicted octanol–water partition coefficient (Wildman–Crippen LogP) is 1.71. The van der Waals surface area contributed by atoms with Crippen LogP contribution in [0.3, 0.4) is 0 Å². The van der Waals surface area contributed by atoms with E-state index in [2.05, 4.69) is 16.2 Å². The number of halogens is 1. The van der Waals surface area contributed by atoms with Crippen LogP contribution in [0.4, 0.5) is 5.69 Å². The van der Waals surface area contributed by atoms with Crippen LogP contribution in [0.25, 0.3) is 0 Å². The third-order valence-electron chi connectivity index (χ3n) is 1.33. The number of aromatic nitrogens is 1. The summed E-state index contributed by atoms with van der Waals surface area (Å²) in [5.74, 6) is 3.08. The summed E-state index contributed by atoms with van der Waals surface area (Å²) in [6.07, 6.45) is 8.56. The highest BCUT2D eigenvalue weighted by atomic mass is 35.5. The first kappa shape index (κ1) is 8.89. The summed E-state index contributed by atoms with van der Waals surface area (Å²) in [4.78, 5) is 3.96. The second kappa shape index (κ2) is 4.63. The Labute approximate surface area is 77.0 Å². The van der Waals surface area contributed by atoms with Gasteiger partial charge in [-0.15, -0.1) is 18.0 Å². The van der Waals surface area contributed by atoms with Gasteiger partial charge in [0.2, 0.25) is 0 Å². The Balaban J connectivity index is 2.68. The summed E-state index contributed by atoms with van der Waals surface area (Å²) in [5, 5.41) is 3.08. The van der Waals surface area contributed by atoms with E-state index < -0.39 is 0 Å². The zero-order chi connectivity index (χ0) is 8.81. The fourth-order valence-corrected chi connectivity index (χ4v) is 0.902. The molecule has 0 spiro atoms. The number of anilines is 1. The van der Waals surface area contributed by atoms with Gasteiger partial charge >= 0.3 is 0 Å². The summed E-state index contributed by atoms with van der Waals surface area (Å²) < 4.78 is 0. The highest BCUT2D eigenvalue weighted by molar-refractivity contribution is 6.18. The van der Waals surface area contributed by atoms with Crippen LogP contribution < -0.4 is 5.32 Å². The average Bonchev–Trinajstić information content (AvgIpc) is 2.15. The molecule has 1 aromatic heterocycles. The van der Waals surface area contributed by atoms with Gasteiger partial charge in [0.15, 0.2) is 0 Å². The zero-order valence-corrected chi connectivity index (χ0v) is 7.30. The van der Waals surface area contributed by atoms with Crippen LogP contribution in [0.15, 0.2) is 18.5 Å². The third kappa shape index (κ3) is 2.44. The van der Waals surface area contributed by atoms with E-state index >= 15 is 0 Å². The van der Waals surface area contributed by atoms with Crippen molar-refractivity contribution in [3.05, 3.63) is 24.0 Å². The van der Waals surface area contributed by atoms with E-state index in [4.69, 9.17) is 18.0 Å². The largest absolute Gasteiger partial charge is 0.383 e. The Morgan fingerprint density at radius 1 is 1.58 bits per heavy atom. The van der Waals surface area contributed by atoms with Crippen molar-refractivity contribution in [2.24, 2.45) is 0 Å². The van der Waals surface area contributed by atoms with Crippen LogP contribution >= 0.6 is 11.6 Å². The Kier molecular flexibility index (Phi) is 3.43. The topological polar surface area (TPSA) is 24.9 Å². The summed E-state index contributed by atoms with van der Waals surface area (Å²) in [7, 11) is 0. The van der Waals surface area contributed by atoms with E-state index in [0.29, 0.717) is 5.88 Å². The molecule has 62 valence electrons. The first-order valence-corrected chi connectivity index (χ1v) is 4.12.